The van der Waals surface area contributed by atoms with Crippen LogP contribution in [-0.2, 0) is 19.0 Å². The van der Waals surface area contributed by atoms with Crippen LogP contribution in [0.15, 0.2) is 0 Å². The van der Waals surface area contributed by atoms with Crippen molar-refractivity contribution in [2.75, 3.05) is 12.8 Å². The molecule has 7 heteroatoms. The van der Waals surface area contributed by atoms with Gasteiger partial charge in [0.1, 0.15) is 5.60 Å². The SMILES string of the molecule is CC1C(OS(C)(=O)=O)CCCN1C(=O)OC(C)(C)C. The van der Waals surface area contributed by atoms with Crippen molar-refractivity contribution < 1.29 is 22.1 Å². The minimum atomic E-state index is -3.52. The van der Waals surface area contributed by atoms with Crippen LogP contribution in [0.4, 0.5) is 4.79 Å². The first-order valence-corrected chi connectivity index (χ1v) is 8.19. The Bertz CT molecular complexity index is 426. The fraction of sp³-hybridized carbons (Fsp3) is 0.917. The zero-order valence-corrected chi connectivity index (χ0v) is 13.0. The van der Waals surface area contributed by atoms with Gasteiger partial charge in [-0.15, -0.1) is 0 Å². The van der Waals surface area contributed by atoms with Crippen molar-refractivity contribution >= 4 is 16.2 Å². The predicted octanol–water partition coefficient (Wildman–Crippen LogP) is 1.75. The minimum Gasteiger partial charge on any atom is -0.444 e. The zero-order valence-electron chi connectivity index (χ0n) is 12.2. The molecule has 1 rings (SSSR count). The third-order valence-corrected chi connectivity index (χ3v) is 3.44. The van der Waals surface area contributed by atoms with Crippen molar-refractivity contribution in [2.24, 2.45) is 0 Å². The van der Waals surface area contributed by atoms with Crippen molar-refractivity contribution in [1.82, 2.24) is 4.90 Å². The maximum absolute atomic E-state index is 12.0. The molecule has 2 atom stereocenters. The summed E-state index contributed by atoms with van der Waals surface area (Å²) in [6, 6.07) is -0.321. The largest absolute Gasteiger partial charge is 0.444 e. The van der Waals surface area contributed by atoms with Gasteiger partial charge in [-0.1, -0.05) is 0 Å². The molecular formula is C12H23NO5S. The number of carbonyl (C=O) groups is 1. The van der Waals surface area contributed by atoms with Crippen LogP contribution in [0, 0.1) is 0 Å². The Morgan fingerprint density at radius 3 is 2.37 bits per heavy atom. The summed E-state index contributed by atoms with van der Waals surface area (Å²) in [5.41, 5.74) is -0.568. The summed E-state index contributed by atoms with van der Waals surface area (Å²) < 4.78 is 32.7. The van der Waals surface area contributed by atoms with Gasteiger partial charge in [-0.25, -0.2) is 4.79 Å². The third-order valence-electron chi connectivity index (χ3n) is 2.84. The number of hydrogen-bond donors (Lipinski definition) is 0. The van der Waals surface area contributed by atoms with E-state index in [1.54, 1.807) is 27.7 Å². The molecule has 112 valence electrons. The highest BCUT2D eigenvalue weighted by Crippen LogP contribution is 2.23. The molecule has 0 saturated carbocycles. The molecule has 0 spiro atoms. The molecule has 0 aliphatic carbocycles. The topological polar surface area (TPSA) is 72.9 Å². The average molecular weight is 293 g/mol. The summed E-state index contributed by atoms with van der Waals surface area (Å²) in [7, 11) is -3.52. The summed E-state index contributed by atoms with van der Waals surface area (Å²) in [4.78, 5) is 13.6. The van der Waals surface area contributed by atoms with E-state index in [0.29, 0.717) is 19.4 Å². The van der Waals surface area contributed by atoms with Crippen LogP contribution in [-0.4, -0.2) is 50.0 Å². The van der Waals surface area contributed by atoms with Crippen LogP contribution < -0.4 is 0 Å². The van der Waals surface area contributed by atoms with E-state index < -0.39 is 27.9 Å². The molecule has 2 unspecified atom stereocenters. The number of ether oxygens (including phenoxy) is 1. The van der Waals surface area contributed by atoms with Crippen LogP contribution >= 0.6 is 0 Å². The molecule has 0 aromatic heterocycles. The summed E-state index contributed by atoms with van der Waals surface area (Å²) >= 11 is 0. The van der Waals surface area contributed by atoms with E-state index in [-0.39, 0.29) is 6.04 Å². The zero-order chi connectivity index (χ0) is 14.8. The van der Waals surface area contributed by atoms with Crippen molar-refractivity contribution in [3.8, 4) is 0 Å². The molecule has 6 nitrogen and oxygen atoms in total. The highest BCUT2D eigenvalue weighted by atomic mass is 32.2. The maximum atomic E-state index is 12.0. The van der Waals surface area contributed by atoms with Crippen LogP contribution in [0.2, 0.25) is 0 Å². The van der Waals surface area contributed by atoms with E-state index in [9.17, 15) is 13.2 Å². The highest BCUT2D eigenvalue weighted by Gasteiger charge is 2.35. The molecule has 0 radical (unpaired) electrons. The average Bonchev–Trinajstić information content (AvgIpc) is 2.16. The molecule has 0 aromatic rings. The molecule has 1 fully saturated rings. The first-order valence-electron chi connectivity index (χ1n) is 6.37. The number of rotatable bonds is 2. The van der Waals surface area contributed by atoms with Crippen molar-refractivity contribution in [3.63, 3.8) is 0 Å². The second-order valence-corrected chi connectivity index (χ2v) is 7.50. The lowest BCUT2D eigenvalue weighted by molar-refractivity contribution is -0.0106. The van der Waals surface area contributed by atoms with Crippen LogP contribution in [0.1, 0.15) is 40.5 Å². The van der Waals surface area contributed by atoms with Crippen LogP contribution in [0.5, 0.6) is 0 Å². The molecule has 1 heterocycles. The fourth-order valence-corrected chi connectivity index (χ4v) is 2.75. The highest BCUT2D eigenvalue weighted by molar-refractivity contribution is 7.86. The summed E-state index contributed by atoms with van der Waals surface area (Å²) in [5, 5.41) is 0. The van der Waals surface area contributed by atoms with Gasteiger partial charge in [-0.2, -0.15) is 8.42 Å². The fourth-order valence-electron chi connectivity index (χ4n) is 2.04. The lowest BCUT2D eigenvalue weighted by Gasteiger charge is -2.38. The van der Waals surface area contributed by atoms with Gasteiger partial charge in [0.05, 0.1) is 18.4 Å². The minimum absolute atomic E-state index is 0.321. The first-order chi connectivity index (χ1) is 8.49. The number of likely N-dealkylation sites (tertiary alicyclic amines) is 1. The quantitative estimate of drug-likeness (QED) is 0.725. The van der Waals surface area contributed by atoms with Crippen molar-refractivity contribution in [2.45, 2.75) is 58.3 Å². The van der Waals surface area contributed by atoms with E-state index in [4.69, 9.17) is 8.92 Å². The number of carbonyl (C=O) groups excluding carboxylic acids is 1. The van der Waals surface area contributed by atoms with Gasteiger partial charge in [0, 0.05) is 6.54 Å². The van der Waals surface area contributed by atoms with Gasteiger partial charge in [-0.05, 0) is 40.5 Å². The van der Waals surface area contributed by atoms with E-state index >= 15 is 0 Å². The second-order valence-electron chi connectivity index (χ2n) is 5.90. The lowest BCUT2D eigenvalue weighted by Crippen LogP contribution is -2.52. The molecule has 1 aliphatic heterocycles. The van der Waals surface area contributed by atoms with Gasteiger partial charge < -0.3 is 9.64 Å². The number of amides is 1. The van der Waals surface area contributed by atoms with E-state index in [2.05, 4.69) is 0 Å². The Morgan fingerprint density at radius 2 is 1.89 bits per heavy atom. The number of hydrogen-bond acceptors (Lipinski definition) is 5. The number of nitrogens with zero attached hydrogens (tertiary/aromatic N) is 1. The molecule has 1 saturated heterocycles. The Labute approximate surface area is 115 Å². The van der Waals surface area contributed by atoms with E-state index in [1.807, 2.05) is 0 Å². The first kappa shape index (κ1) is 16.2. The Balaban J connectivity index is 2.73. The summed E-state index contributed by atoms with van der Waals surface area (Å²) in [5.74, 6) is 0. The summed E-state index contributed by atoms with van der Waals surface area (Å²) in [6.45, 7) is 7.72. The van der Waals surface area contributed by atoms with Gasteiger partial charge in [0.15, 0.2) is 0 Å². The molecular weight excluding hydrogens is 270 g/mol. The van der Waals surface area contributed by atoms with Crippen LogP contribution in [0.3, 0.4) is 0 Å². The molecule has 0 bridgehead atoms. The van der Waals surface area contributed by atoms with Gasteiger partial charge in [0.25, 0.3) is 10.1 Å². The second kappa shape index (κ2) is 5.66. The number of piperidine rings is 1. The molecule has 1 aliphatic rings. The standard InChI is InChI=1S/C12H23NO5S/c1-9-10(18-19(5,15)16)7-6-8-13(9)11(14)17-12(2,3)4/h9-10H,6-8H2,1-5H3. The molecule has 0 N–H and O–H groups in total. The molecule has 1 amide bonds. The normalized spacial score (nSPS) is 25.2. The third kappa shape index (κ3) is 5.36. The lowest BCUT2D eigenvalue weighted by atomic mass is 10.0. The van der Waals surface area contributed by atoms with Crippen molar-refractivity contribution in [3.05, 3.63) is 0 Å². The van der Waals surface area contributed by atoms with E-state index in [0.717, 1.165) is 6.26 Å². The monoisotopic (exact) mass is 293 g/mol. The van der Waals surface area contributed by atoms with E-state index in [1.165, 1.54) is 4.90 Å². The maximum Gasteiger partial charge on any atom is 0.410 e. The summed E-state index contributed by atoms with van der Waals surface area (Å²) in [6.07, 6.45) is 1.40. The molecule has 0 aromatic carbocycles. The van der Waals surface area contributed by atoms with Gasteiger partial charge in [0.2, 0.25) is 0 Å². The van der Waals surface area contributed by atoms with Gasteiger partial charge in [-0.3, -0.25) is 4.18 Å². The Kier molecular flexibility index (Phi) is 4.84. The Morgan fingerprint density at radius 1 is 1.32 bits per heavy atom. The predicted molar refractivity (Wildman–Crippen MR) is 71.4 cm³/mol. The van der Waals surface area contributed by atoms with Gasteiger partial charge >= 0.3 is 6.09 Å². The van der Waals surface area contributed by atoms with Crippen molar-refractivity contribution in [1.29, 1.82) is 0 Å². The smallest absolute Gasteiger partial charge is 0.410 e. The Hall–Kier alpha value is -0.820. The van der Waals surface area contributed by atoms with Crippen LogP contribution in [0.25, 0.3) is 0 Å². The molecule has 19 heavy (non-hydrogen) atoms.